The van der Waals surface area contributed by atoms with Crippen molar-refractivity contribution in [1.82, 2.24) is 0 Å². The largest absolute Gasteiger partial charge is 0.790 e. The normalized spacial score (nSPS) is 12.3. The lowest BCUT2D eigenvalue weighted by atomic mass is 10.0. The van der Waals surface area contributed by atoms with E-state index in [-0.39, 0.29) is 6.61 Å². The van der Waals surface area contributed by atoms with Gasteiger partial charge in [0, 0.05) is 0 Å². The first-order valence-corrected chi connectivity index (χ1v) is 8.54. The standard InChI is InChI=1S/C13H29O4P/c1-13(2)11-9-7-5-3-4-6-8-10-12-17-18(14,15)16/h13H,3-12H2,1-2H3,(H2,14,15,16)/p-2. The van der Waals surface area contributed by atoms with Crippen LogP contribution in [0.1, 0.15) is 71.6 Å². The van der Waals surface area contributed by atoms with Gasteiger partial charge in [-0.1, -0.05) is 65.2 Å². The molecule has 5 heteroatoms. The molecule has 0 aromatic rings. The zero-order chi connectivity index (χ0) is 13.9. The van der Waals surface area contributed by atoms with Gasteiger partial charge in [0.2, 0.25) is 0 Å². The first kappa shape index (κ1) is 18.1. The van der Waals surface area contributed by atoms with Crippen molar-refractivity contribution in [1.29, 1.82) is 0 Å². The second-order valence-electron chi connectivity index (χ2n) is 5.29. The molecule has 0 aliphatic rings. The molecule has 0 N–H and O–H groups in total. The Morgan fingerprint density at radius 3 is 1.78 bits per heavy atom. The number of phosphoric acid groups is 1. The van der Waals surface area contributed by atoms with Gasteiger partial charge in [-0.15, -0.1) is 0 Å². The smallest absolute Gasteiger partial charge is 0.0596 e. The minimum atomic E-state index is -4.75. The molecule has 0 saturated carbocycles. The monoisotopic (exact) mass is 278 g/mol. The molecule has 18 heavy (non-hydrogen) atoms. The number of hydrogen-bond acceptors (Lipinski definition) is 4. The maximum absolute atomic E-state index is 10.2. The third kappa shape index (κ3) is 16.1. The summed E-state index contributed by atoms with van der Waals surface area (Å²) in [6, 6.07) is 0. The van der Waals surface area contributed by atoms with Gasteiger partial charge in [0.15, 0.2) is 0 Å². The third-order valence-electron chi connectivity index (χ3n) is 2.93. The van der Waals surface area contributed by atoms with Crippen molar-refractivity contribution in [3.63, 3.8) is 0 Å². The maximum atomic E-state index is 10.2. The van der Waals surface area contributed by atoms with E-state index in [1.54, 1.807) is 0 Å². The molecule has 0 atom stereocenters. The zero-order valence-electron chi connectivity index (χ0n) is 11.7. The number of rotatable bonds is 12. The lowest BCUT2D eigenvalue weighted by Gasteiger charge is -2.28. The van der Waals surface area contributed by atoms with Gasteiger partial charge in [0.25, 0.3) is 0 Å². The van der Waals surface area contributed by atoms with Crippen LogP contribution in [0, 0.1) is 5.92 Å². The summed E-state index contributed by atoms with van der Waals surface area (Å²) < 4.78 is 14.3. The molecule has 0 spiro atoms. The molecule has 0 radical (unpaired) electrons. The summed E-state index contributed by atoms with van der Waals surface area (Å²) in [7, 11) is -4.75. The molecule has 0 bridgehead atoms. The van der Waals surface area contributed by atoms with E-state index in [0.717, 1.165) is 18.8 Å². The van der Waals surface area contributed by atoms with E-state index >= 15 is 0 Å². The lowest BCUT2D eigenvalue weighted by molar-refractivity contribution is -0.341. The Kier molecular flexibility index (Phi) is 11.0. The first-order valence-electron chi connectivity index (χ1n) is 7.08. The summed E-state index contributed by atoms with van der Waals surface area (Å²) in [6.45, 7) is 4.55. The van der Waals surface area contributed by atoms with E-state index in [1.165, 1.54) is 38.5 Å². The predicted molar refractivity (Wildman–Crippen MR) is 69.9 cm³/mol. The van der Waals surface area contributed by atoms with Gasteiger partial charge in [-0.05, 0) is 12.3 Å². The molecule has 0 amide bonds. The fourth-order valence-corrected chi connectivity index (χ4v) is 2.24. The Bertz CT molecular complexity index is 225. The molecule has 0 aliphatic heterocycles. The first-order chi connectivity index (χ1) is 8.42. The molecule has 110 valence electrons. The lowest BCUT2D eigenvalue weighted by Crippen LogP contribution is -2.16. The zero-order valence-corrected chi connectivity index (χ0v) is 12.6. The molecular weight excluding hydrogens is 251 g/mol. The van der Waals surface area contributed by atoms with Crippen molar-refractivity contribution < 1.29 is 18.9 Å². The van der Waals surface area contributed by atoms with Gasteiger partial charge < -0.3 is 18.9 Å². The van der Waals surface area contributed by atoms with Crippen LogP contribution in [0.5, 0.6) is 0 Å². The number of unbranched alkanes of at least 4 members (excludes halogenated alkanes) is 7. The molecule has 0 unspecified atom stereocenters. The topological polar surface area (TPSA) is 72.4 Å². The average Bonchev–Trinajstić information content (AvgIpc) is 2.24. The summed E-state index contributed by atoms with van der Waals surface area (Å²) in [4.78, 5) is 20.3. The molecule has 4 nitrogen and oxygen atoms in total. The van der Waals surface area contributed by atoms with Crippen molar-refractivity contribution in [2.45, 2.75) is 71.6 Å². The summed E-state index contributed by atoms with van der Waals surface area (Å²) in [6.07, 6.45) is 10.4. The second-order valence-corrected chi connectivity index (χ2v) is 6.44. The Hall–Kier alpha value is 0.110. The molecule has 0 saturated heterocycles. The Morgan fingerprint density at radius 2 is 1.33 bits per heavy atom. The molecule has 0 aliphatic carbocycles. The van der Waals surface area contributed by atoms with Crippen LogP contribution in [0.25, 0.3) is 0 Å². The average molecular weight is 278 g/mol. The minimum Gasteiger partial charge on any atom is -0.790 e. The van der Waals surface area contributed by atoms with Crippen LogP contribution >= 0.6 is 7.82 Å². The van der Waals surface area contributed by atoms with E-state index in [1.807, 2.05) is 0 Å². The van der Waals surface area contributed by atoms with Crippen LogP contribution in [-0.2, 0) is 9.09 Å². The van der Waals surface area contributed by atoms with Crippen LogP contribution in [0.2, 0.25) is 0 Å². The van der Waals surface area contributed by atoms with Crippen LogP contribution in [0.3, 0.4) is 0 Å². The van der Waals surface area contributed by atoms with Crippen molar-refractivity contribution in [2.24, 2.45) is 5.92 Å². The molecule has 0 heterocycles. The minimum absolute atomic E-state index is 0.0403. The molecular formula is C13H27O4P-2. The summed E-state index contributed by atoms with van der Waals surface area (Å²) in [5.41, 5.74) is 0. The van der Waals surface area contributed by atoms with Crippen molar-refractivity contribution >= 4 is 7.82 Å². The Balaban J connectivity index is 3.06. The number of phosphoric ester groups is 1. The van der Waals surface area contributed by atoms with Crippen LogP contribution < -0.4 is 9.79 Å². The summed E-state index contributed by atoms with van der Waals surface area (Å²) >= 11 is 0. The van der Waals surface area contributed by atoms with Crippen LogP contribution in [0.4, 0.5) is 0 Å². The quantitative estimate of drug-likeness (QED) is 0.406. The highest BCUT2D eigenvalue weighted by Crippen LogP contribution is 2.24. The second kappa shape index (κ2) is 11.0. The van der Waals surface area contributed by atoms with E-state index < -0.39 is 7.82 Å². The van der Waals surface area contributed by atoms with Crippen LogP contribution in [-0.4, -0.2) is 6.61 Å². The summed E-state index contributed by atoms with van der Waals surface area (Å²) in [5.74, 6) is 0.808. The van der Waals surface area contributed by atoms with Gasteiger partial charge in [-0.25, -0.2) is 0 Å². The van der Waals surface area contributed by atoms with Gasteiger partial charge in [-0.2, -0.15) is 0 Å². The fourth-order valence-electron chi connectivity index (χ4n) is 1.89. The van der Waals surface area contributed by atoms with E-state index in [0.29, 0.717) is 6.42 Å². The summed E-state index contributed by atoms with van der Waals surface area (Å²) in [5, 5.41) is 0. The fraction of sp³-hybridized carbons (Fsp3) is 1.00. The van der Waals surface area contributed by atoms with E-state index in [2.05, 4.69) is 18.4 Å². The Morgan fingerprint density at radius 1 is 0.889 bits per heavy atom. The van der Waals surface area contributed by atoms with E-state index in [4.69, 9.17) is 0 Å². The predicted octanol–water partition coefficient (Wildman–Crippen LogP) is 3.00. The van der Waals surface area contributed by atoms with Gasteiger partial charge in [0.1, 0.15) is 0 Å². The van der Waals surface area contributed by atoms with Gasteiger partial charge >= 0.3 is 0 Å². The molecule has 0 aromatic carbocycles. The molecule has 0 rings (SSSR count). The highest BCUT2D eigenvalue weighted by molar-refractivity contribution is 7.43. The highest BCUT2D eigenvalue weighted by atomic mass is 31.2. The van der Waals surface area contributed by atoms with Gasteiger partial charge in [0.05, 0.1) is 14.4 Å². The van der Waals surface area contributed by atoms with Crippen LogP contribution in [0.15, 0.2) is 0 Å². The SMILES string of the molecule is CC(C)CCCCCCCCCCOP(=O)([O-])[O-]. The molecule has 0 fully saturated rings. The Labute approximate surface area is 111 Å². The van der Waals surface area contributed by atoms with E-state index in [9.17, 15) is 14.4 Å². The van der Waals surface area contributed by atoms with Crippen molar-refractivity contribution in [2.75, 3.05) is 6.61 Å². The van der Waals surface area contributed by atoms with Gasteiger partial charge in [-0.3, -0.25) is 0 Å². The maximum Gasteiger partial charge on any atom is 0.0596 e. The highest BCUT2D eigenvalue weighted by Gasteiger charge is 1.96. The van der Waals surface area contributed by atoms with Crippen molar-refractivity contribution in [3.8, 4) is 0 Å². The number of hydrogen-bond donors (Lipinski definition) is 0. The van der Waals surface area contributed by atoms with Crippen molar-refractivity contribution in [3.05, 3.63) is 0 Å². The third-order valence-corrected chi connectivity index (χ3v) is 3.42. The molecule has 0 aromatic heterocycles.